The molecule has 1 amide bonds. The maximum Gasteiger partial charge on any atom is 0.272 e. The lowest BCUT2D eigenvalue weighted by Gasteiger charge is -2.24. The number of benzene rings is 1. The molecule has 0 bridgehead atoms. The van der Waals surface area contributed by atoms with Gasteiger partial charge in [-0.3, -0.25) is 9.48 Å². The van der Waals surface area contributed by atoms with E-state index >= 15 is 0 Å². The van der Waals surface area contributed by atoms with E-state index in [-0.39, 0.29) is 5.91 Å². The quantitative estimate of drug-likeness (QED) is 0.866. The van der Waals surface area contributed by atoms with E-state index in [0.29, 0.717) is 5.69 Å². The summed E-state index contributed by atoms with van der Waals surface area (Å²) in [5.74, 6) is 0.923. The zero-order chi connectivity index (χ0) is 17.1. The molecule has 128 valence electrons. The zero-order valence-electron chi connectivity index (χ0n) is 14.5. The van der Waals surface area contributed by atoms with Crippen molar-refractivity contribution in [3.8, 4) is 5.75 Å². The molecule has 1 aromatic heterocycles. The van der Waals surface area contributed by atoms with Crippen LogP contribution in [0.2, 0.25) is 0 Å². The van der Waals surface area contributed by atoms with Crippen LogP contribution in [-0.2, 0) is 7.05 Å². The van der Waals surface area contributed by atoms with Crippen molar-refractivity contribution in [2.45, 2.75) is 13.3 Å². The number of nitrogens with zero attached hydrogens (tertiary/aromatic N) is 4. The van der Waals surface area contributed by atoms with E-state index < -0.39 is 0 Å². The fourth-order valence-corrected chi connectivity index (χ4v) is 3.14. The van der Waals surface area contributed by atoms with Crippen molar-refractivity contribution in [3.63, 3.8) is 0 Å². The Balaban J connectivity index is 1.68. The van der Waals surface area contributed by atoms with Gasteiger partial charge in [-0.2, -0.15) is 5.10 Å². The van der Waals surface area contributed by atoms with Crippen LogP contribution < -0.4 is 9.64 Å². The normalized spacial score (nSPS) is 15.3. The number of anilines is 1. The second-order valence-electron chi connectivity index (χ2n) is 6.13. The molecule has 0 N–H and O–H groups in total. The van der Waals surface area contributed by atoms with Crippen LogP contribution in [0.15, 0.2) is 30.3 Å². The lowest BCUT2D eigenvalue weighted by molar-refractivity contribution is 0.0756. The lowest BCUT2D eigenvalue weighted by atomic mass is 10.2. The molecule has 0 unspecified atom stereocenters. The van der Waals surface area contributed by atoms with E-state index in [1.165, 1.54) is 5.69 Å². The van der Waals surface area contributed by atoms with Gasteiger partial charge in [0.1, 0.15) is 11.4 Å². The Hall–Kier alpha value is -2.50. The monoisotopic (exact) mass is 328 g/mol. The van der Waals surface area contributed by atoms with E-state index in [9.17, 15) is 4.79 Å². The van der Waals surface area contributed by atoms with Gasteiger partial charge in [0.05, 0.1) is 12.8 Å². The van der Waals surface area contributed by atoms with Crippen molar-refractivity contribution in [1.29, 1.82) is 0 Å². The highest BCUT2D eigenvalue weighted by molar-refractivity contribution is 5.92. The van der Waals surface area contributed by atoms with Gasteiger partial charge in [0.15, 0.2) is 0 Å². The van der Waals surface area contributed by atoms with Crippen LogP contribution in [-0.4, -0.2) is 53.9 Å². The Kier molecular flexibility index (Phi) is 4.74. The highest BCUT2D eigenvalue weighted by Crippen LogP contribution is 2.21. The highest BCUT2D eigenvalue weighted by atomic mass is 16.5. The Labute approximate surface area is 142 Å². The molecule has 0 atom stereocenters. The second kappa shape index (κ2) is 6.95. The van der Waals surface area contributed by atoms with Crippen LogP contribution in [0.1, 0.15) is 22.6 Å². The van der Waals surface area contributed by atoms with Crippen LogP contribution in [0.3, 0.4) is 0 Å². The molecule has 1 fully saturated rings. The molecule has 6 heteroatoms. The number of hydrogen-bond donors (Lipinski definition) is 0. The number of aromatic nitrogens is 2. The molecule has 0 radical (unpaired) electrons. The Bertz CT molecular complexity index is 708. The molecule has 3 rings (SSSR count). The standard InChI is InChI=1S/C18H24N4O2/c1-14-13-17(20(2)19-14)18(23)22-10-4-9-21(11-12-22)15-5-7-16(24-3)8-6-15/h5-8,13H,4,9-12H2,1-3H3. The third-order valence-corrected chi connectivity index (χ3v) is 4.44. The van der Waals surface area contributed by atoms with Crippen molar-refractivity contribution in [3.05, 3.63) is 41.7 Å². The van der Waals surface area contributed by atoms with E-state index in [4.69, 9.17) is 4.74 Å². The van der Waals surface area contributed by atoms with Crippen LogP contribution in [0.5, 0.6) is 5.75 Å². The molecule has 2 aromatic rings. The summed E-state index contributed by atoms with van der Waals surface area (Å²) in [5.41, 5.74) is 2.70. The maximum absolute atomic E-state index is 12.7. The first kappa shape index (κ1) is 16.4. The zero-order valence-corrected chi connectivity index (χ0v) is 14.5. The summed E-state index contributed by atoms with van der Waals surface area (Å²) in [4.78, 5) is 17.0. The predicted octanol–water partition coefficient (Wildman–Crippen LogP) is 2.09. The van der Waals surface area contributed by atoms with Gasteiger partial charge in [0.2, 0.25) is 0 Å². The number of rotatable bonds is 3. The topological polar surface area (TPSA) is 50.6 Å². The average Bonchev–Trinajstić information content (AvgIpc) is 2.79. The Morgan fingerprint density at radius 1 is 1.12 bits per heavy atom. The van der Waals surface area contributed by atoms with Crippen LogP contribution in [0.25, 0.3) is 0 Å². The van der Waals surface area contributed by atoms with Gasteiger partial charge in [-0.05, 0) is 43.7 Å². The largest absolute Gasteiger partial charge is 0.497 e. The van der Waals surface area contributed by atoms with Gasteiger partial charge in [-0.1, -0.05) is 0 Å². The summed E-state index contributed by atoms with van der Waals surface area (Å²) >= 11 is 0. The number of carbonyl (C=O) groups is 1. The molecule has 6 nitrogen and oxygen atoms in total. The molecular weight excluding hydrogens is 304 g/mol. The van der Waals surface area contributed by atoms with Crippen molar-refractivity contribution in [2.24, 2.45) is 7.05 Å². The Morgan fingerprint density at radius 3 is 2.50 bits per heavy atom. The second-order valence-corrected chi connectivity index (χ2v) is 6.13. The highest BCUT2D eigenvalue weighted by Gasteiger charge is 2.22. The minimum atomic E-state index is 0.0645. The minimum Gasteiger partial charge on any atom is -0.497 e. The van der Waals surface area contributed by atoms with E-state index in [1.54, 1.807) is 11.8 Å². The molecule has 0 aliphatic carbocycles. The number of aryl methyl sites for hydroxylation is 2. The van der Waals surface area contributed by atoms with Crippen LogP contribution in [0.4, 0.5) is 5.69 Å². The SMILES string of the molecule is COc1ccc(N2CCCN(C(=O)c3cc(C)nn3C)CC2)cc1. The molecule has 0 saturated carbocycles. The van der Waals surface area contributed by atoms with Crippen molar-refractivity contribution >= 4 is 11.6 Å². The first-order valence-electron chi connectivity index (χ1n) is 8.27. The molecule has 2 heterocycles. The molecular formula is C18H24N4O2. The summed E-state index contributed by atoms with van der Waals surface area (Å²) < 4.78 is 6.88. The van der Waals surface area contributed by atoms with Crippen LogP contribution >= 0.6 is 0 Å². The Morgan fingerprint density at radius 2 is 1.88 bits per heavy atom. The van der Waals surface area contributed by atoms with Crippen molar-refractivity contribution in [1.82, 2.24) is 14.7 Å². The third kappa shape index (κ3) is 3.37. The van der Waals surface area contributed by atoms with Gasteiger partial charge >= 0.3 is 0 Å². The van der Waals surface area contributed by atoms with Gasteiger partial charge in [-0.15, -0.1) is 0 Å². The fourth-order valence-electron chi connectivity index (χ4n) is 3.14. The molecule has 0 spiro atoms. The molecule has 1 aliphatic heterocycles. The van der Waals surface area contributed by atoms with E-state index in [0.717, 1.165) is 44.0 Å². The van der Waals surface area contributed by atoms with Crippen molar-refractivity contribution in [2.75, 3.05) is 38.2 Å². The predicted molar refractivity (Wildman–Crippen MR) is 93.7 cm³/mol. The molecule has 1 aromatic carbocycles. The van der Waals surface area contributed by atoms with Gasteiger partial charge in [0.25, 0.3) is 5.91 Å². The summed E-state index contributed by atoms with van der Waals surface area (Å²) in [7, 11) is 3.49. The fraction of sp³-hybridized carbons (Fsp3) is 0.444. The van der Waals surface area contributed by atoms with E-state index in [2.05, 4.69) is 22.1 Å². The van der Waals surface area contributed by atoms with Crippen molar-refractivity contribution < 1.29 is 9.53 Å². The number of methoxy groups -OCH3 is 1. The average molecular weight is 328 g/mol. The lowest BCUT2D eigenvalue weighted by Crippen LogP contribution is -2.36. The molecule has 1 aliphatic rings. The first-order valence-corrected chi connectivity index (χ1v) is 8.27. The van der Waals surface area contributed by atoms with Gasteiger partial charge in [0, 0.05) is 38.9 Å². The van der Waals surface area contributed by atoms with E-state index in [1.807, 2.05) is 37.1 Å². The number of amides is 1. The molecule has 1 saturated heterocycles. The number of hydrogen-bond acceptors (Lipinski definition) is 4. The summed E-state index contributed by atoms with van der Waals surface area (Å²) in [6.45, 7) is 5.17. The van der Waals surface area contributed by atoms with Gasteiger partial charge < -0.3 is 14.5 Å². The number of ether oxygens (including phenoxy) is 1. The smallest absolute Gasteiger partial charge is 0.272 e. The molecule has 24 heavy (non-hydrogen) atoms. The minimum absolute atomic E-state index is 0.0645. The van der Waals surface area contributed by atoms with Gasteiger partial charge in [-0.25, -0.2) is 0 Å². The summed E-state index contributed by atoms with van der Waals surface area (Å²) in [5, 5.41) is 4.28. The number of carbonyl (C=O) groups excluding carboxylic acids is 1. The summed E-state index contributed by atoms with van der Waals surface area (Å²) in [6, 6.07) is 9.94. The van der Waals surface area contributed by atoms with Crippen LogP contribution in [0, 0.1) is 6.92 Å². The third-order valence-electron chi connectivity index (χ3n) is 4.44. The first-order chi connectivity index (χ1) is 11.6. The summed E-state index contributed by atoms with van der Waals surface area (Å²) in [6.07, 6.45) is 0.953. The maximum atomic E-state index is 12.7.